The average molecular weight is 438 g/mol. The molecule has 2 aliphatic heterocycles. The number of rotatable bonds is 6. The molecule has 1 aromatic carbocycles. The number of fused-ring (bicyclic) bond motifs is 1. The molecule has 32 heavy (non-hydrogen) atoms. The second kappa shape index (κ2) is 9.39. The molecule has 1 aromatic heterocycles. The molecule has 1 fully saturated rings. The van der Waals surface area contributed by atoms with Crippen molar-refractivity contribution in [3.63, 3.8) is 0 Å². The van der Waals surface area contributed by atoms with Crippen molar-refractivity contribution in [2.24, 2.45) is 11.8 Å². The summed E-state index contributed by atoms with van der Waals surface area (Å²) in [7, 11) is 0. The minimum absolute atomic E-state index is 0.00305. The third-order valence-corrected chi connectivity index (χ3v) is 7.16. The predicted octanol–water partition coefficient (Wildman–Crippen LogP) is 4.24. The second-order valence-corrected chi connectivity index (χ2v) is 9.67. The molecular formula is C26H35N3O3. The van der Waals surface area contributed by atoms with E-state index in [-0.39, 0.29) is 23.8 Å². The highest BCUT2D eigenvalue weighted by molar-refractivity contribution is 5.95. The maximum atomic E-state index is 13.3. The van der Waals surface area contributed by atoms with Crippen LogP contribution in [0, 0.1) is 11.8 Å². The molecule has 2 amide bonds. The van der Waals surface area contributed by atoms with Crippen molar-refractivity contribution in [3.8, 4) is 0 Å². The van der Waals surface area contributed by atoms with Crippen molar-refractivity contribution >= 4 is 17.5 Å². The van der Waals surface area contributed by atoms with Gasteiger partial charge in [0.15, 0.2) is 0 Å². The van der Waals surface area contributed by atoms with Gasteiger partial charge < -0.3 is 19.5 Å². The summed E-state index contributed by atoms with van der Waals surface area (Å²) in [4.78, 5) is 30.0. The zero-order valence-electron chi connectivity index (χ0n) is 19.6. The maximum Gasteiger partial charge on any atom is 0.257 e. The number of hydrogen-bond acceptors (Lipinski definition) is 4. The van der Waals surface area contributed by atoms with Gasteiger partial charge in [0, 0.05) is 36.8 Å². The number of likely N-dealkylation sites (tertiary alicyclic amines) is 1. The maximum absolute atomic E-state index is 13.3. The van der Waals surface area contributed by atoms with Gasteiger partial charge in [-0.3, -0.25) is 9.59 Å². The Morgan fingerprint density at radius 3 is 2.56 bits per heavy atom. The number of nitrogens with zero attached hydrogens (tertiary/aromatic N) is 2. The molecule has 2 aromatic rings. The van der Waals surface area contributed by atoms with Crippen LogP contribution in [0.1, 0.15) is 62.2 Å². The third-order valence-electron chi connectivity index (χ3n) is 7.16. The number of piperidine rings is 1. The van der Waals surface area contributed by atoms with Gasteiger partial charge in [-0.25, -0.2) is 0 Å². The summed E-state index contributed by atoms with van der Waals surface area (Å²) in [6, 6.07) is 10.7. The van der Waals surface area contributed by atoms with Crippen LogP contribution in [0.5, 0.6) is 0 Å². The molecule has 0 spiro atoms. The molecule has 4 rings (SSSR count). The van der Waals surface area contributed by atoms with Crippen molar-refractivity contribution < 1.29 is 14.0 Å². The first-order valence-electron chi connectivity index (χ1n) is 11.9. The van der Waals surface area contributed by atoms with Crippen LogP contribution in [-0.2, 0) is 17.8 Å². The van der Waals surface area contributed by atoms with E-state index in [1.54, 1.807) is 12.3 Å². The first-order valence-corrected chi connectivity index (χ1v) is 11.9. The van der Waals surface area contributed by atoms with Crippen LogP contribution in [0.4, 0.5) is 5.69 Å². The fourth-order valence-corrected chi connectivity index (χ4v) is 4.70. The van der Waals surface area contributed by atoms with Crippen molar-refractivity contribution in [3.05, 3.63) is 53.5 Å². The van der Waals surface area contributed by atoms with E-state index < -0.39 is 0 Å². The molecule has 0 saturated carbocycles. The zero-order chi connectivity index (χ0) is 22.8. The fourth-order valence-electron chi connectivity index (χ4n) is 4.70. The third kappa shape index (κ3) is 4.54. The van der Waals surface area contributed by atoms with Crippen LogP contribution in [0.3, 0.4) is 0 Å². The van der Waals surface area contributed by atoms with Crippen molar-refractivity contribution in [1.82, 2.24) is 10.2 Å². The number of carbonyl (C=O) groups is 2. The van der Waals surface area contributed by atoms with Gasteiger partial charge in [-0.1, -0.05) is 32.0 Å². The van der Waals surface area contributed by atoms with Crippen LogP contribution in [0.25, 0.3) is 0 Å². The predicted molar refractivity (Wildman–Crippen MR) is 126 cm³/mol. The van der Waals surface area contributed by atoms with E-state index in [1.807, 2.05) is 11.8 Å². The topological polar surface area (TPSA) is 65.8 Å². The average Bonchev–Trinajstić information content (AvgIpc) is 3.37. The van der Waals surface area contributed by atoms with E-state index in [4.69, 9.17) is 4.42 Å². The summed E-state index contributed by atoms with van der Waals surface area (Å²) in [5.74, 6) is 1.22. The Kier molecular flexibility index (Phi) is 6.58. The van der Waals surface area contributed by atoms with Gasteiger partial charge in [0.2, 0.25) is 5.91 Å². The van der Waals surface area contributed by atoms with E-state index in [2.05, 4.69) is 55.3 Å². The first kappa shape index (κ1) is 22.4. The number of furan rings is 1. The number of anilines is 1. The first-order chi connectivity index (χ1) is 15.3. The number of amides is 2. The minimum atomic E-state index is -0.0222. The standard InChI is InChI=1S/C26H35N3O3/c1-17(2)19(4)27-25(30)20-9-12-28(13-10-20)26(31)22-11-14-32-24(22)16-29-18(3)15-21-7-5-6-8-23(21)29/h5-8,11,14,17-20H,9-10,12-13,15-16H2,1-4H3,(H,27,30). The molecule has 3 heterocycles. The molecule has 2 unspecified atom stereocenters. The Morgan fingerprint density at radius 2 is 1.84 bits per heavy atom. The second-order valence-electron chi connectivity index (χ2n) is 9.67. The van der Waals surface area contributed by atoms with Gasteiger partial charge >= 0.3 is 0 Å². The lowest BCUT2D eigenvalue weighted by atomic mass is 9.94. The highest BCUT2D eigenvalue weighted by atomic mass is 16.3. The molecule has 172 valence electrons. The molecule has 1 N–H and O–H groups in total. The smallest absolute Gasteiger partial charge is 0.257 e. The Hall–Kier alpha value is -2.76. The van der Waals surface area contributed by atoms with Gasteiger partial charge in [0.25, 0.3) is 5.91 Å². The number of carbonyl (C=O) groups excluding carboxylic acids is 2. The molecular weight excluding hydrogens is 402 g/mol. The monoisotopic (exact) mass is 437 g/mol. The highest BCUT2D eigenvalue weighted by Crippen LogP contribution is 2.34. The van der Waals surface area contributed by atoms with Gasteiger partial charge in [-0.05, 0) is 56.7 Å². The summed E-state index contributed by atoms with van der Waals surface area (Å²) in [5, 5.41) is 3.12. The minimum Gasteiger partial charge on any atom is -0.467 e. The van der Waals surface area contributed by atoms with Crippen molar-refractivity contribution in [2.75, 3.05) is 18.0 Å². The summed E-state index contributed by atoms with van der Waals surface area (Å²) in [6.07, 6.45) is 4.02. The molecule has 6 heteroatoms. The van der Waals surface area contributed by atoms with E-state index >= 15 is 0 Å². The number of nitrogens with one attached hydrogen (secondary N) is 1. The molecule has 0 radical (unpaired) electrons. The van der Waals surface area contributed by atoms with Gasteiger partial charge in [0.1, 0.15) is 5.76 Å². The lowest BCUT2D eigenvalue weighted by Crippen LogP contribution is -2.46. The molecule has 6 nitrogen and oxygen atoms in total. The number of benzene rings is 1. The summed E-state index contributed by atoms with van der Waals surface area (Å²) >= 11 is 0. The molecule has 2 atom stereocenters. The summed E-state index contributed by atoms with van der Waals surface area (Å²) in [6.45, 7) is 10.2. The van der Waals surface area contributed by atoms with E-state index in [0.29, 0.717) is 55.8 Å². The Labute approximate surface area is 191 Å². The quantitative estimate of drug-likeness (QED) is 0.734. The lowest BCUT2D eigenvalue weighted by molar-refractivity contribution is -0.127. The van der Waals surface area contributed by atoms with Gasteiger partial charge in [0.05, 0.1) is 18.4 Å². The number of hydrogen-bond donors (Lipinski definition) is 1. The van der Waals surface area contributed by atoms with Crippen LogP contribution >= 0.6 is 0 Å². The molecule has 1 saturated heterocycles. The molecule has 2 aliphatic rings. The van der Waals surface area contributed by atoms with Crippen LogP contribution < -0.4 is 10.2 Å². The highest BCUT2D eigenvalue weighted by Gasteiger charge is 2.32. The van der Waals surface area contributed by atoms with E-state index in [9.17, 15) is 9.59 Å². The van der Waals surface area contributed by atoms with E-state index in [1.165, 1.54) is 11.3 Å². The Morgan fingerprint density at radius 1 is 1.12 bits per heavy atom. The van der Waals surface area contributed by atoms with Crippen LogP contribution in [-0.4, -0.2) is 41.9 Å². The Balaban J connectivity index is 1.38. The van der Waals surface area contributed by atoms with Gasteiger partial charge in [-0.15, -0.1) is 0 Å². The summed E-state index contributed by atoms with van der Waals surface area (Å²) < 4.78 is 5.77. The lowest BCUT2D eigenvalue weighted by Gasteiger charge is -2.32. The molecule has 0 aliphatic carbocycles. The Bertz CT molecular complexity index is 959. The zero-order valence-corrected chi connectivity index (χ0v) is 19.6. The van der Waals surface area contributed by atoms with Crippen LogP contribution in [0.15, 0.2) is 41.0 Å². The van der Waals surface area contributed by atoms with Crippen molar-refractivity contribution in [2.45, 2.75) is 65.6 Å². The SMILES string of the molecule is CC(C)C(C)NC(=O)C1CCN(C(=O)c2ccoc2CN2c3ccccc3CC2C)CC1. The molecule has 0 bridgehead atoms. The van der Waals surface area contributed by atoms with Crippen molar-refractivity contribution in [1.29, 1.82) is 0 Å². The fraction of sp³-hybridized carbons (Fsp3) is 0.538. The largest absolute Gasteiger partial charge is 0.467 e. The summed E-state index contributed by atoms with van der Waals surface area (Å²) in [5.41, 5.74) is 3.20. The normalized spacial score (nSPS) is 19.8. The van der Waals surface area contributed by atoms with Gasteiger partial charge in [-0.2, -0.15) is 0 Å². The van der Waals surface area contributed by atoms with Crippen LogP contribution in [0.2, 0.25) is 0 Å². The number of para-hydroxylation sites is 1. The van der Waals surface area contributed by atoms with E-state index in [0.717, 1.165) is 6.42 Å².